The highest BCUT2D eigenvalue weighted by molar-refractivity contribution is 9.10. The summed E-state index contributed by atoms with van der Waals surface area (Å²) >= 11 is 3.47. The summed E-state index contributed by atoms with van der Waals surface area (Å²) in [5.41, 5.74) is 2.97. The Morgan fingerprint density at radius 2 is 2.29 bits per heavy atom. The molecular weight excluding hydrogens is 332 g/mol. The van der Waals surface area contributed by atoms with Crippen molar-refractivity contribution < 1.29 is 9.90 Å². The highest BCUT2D eigenvalue weighted by Gasteiger charge is 2.26. The smallest absolute Gasteiger partial charge is 0.336 e. The van der Waals surface area contributed by atoms with Gasteiger partial charge in [-0.1, -0.05) is 28.9 Å². The molecule has 3 rings (SSSR count). The van der Waals surface area contributed by atoms with E-state index in [9.17, 15) is 9.90 Å². The number of hydrogen-bond donors (Lipinski definition) is 1. The Balaban J connectivity index is 2.24. The summed E-state index contributed by atoms with van der Waals surface area (Å²) in [6, 6.07) is 5.64. The zero-order valence-corrected chi connectivity index (χ0v) is 13.5. The number of rotatable bonds is 3. The lowest BCUT2D eigenvalue weighted by molar-refractivity contribution is 0.0695. The maximum atomic E-state index is 11.8. The molecule has 0 saturated carbocycles. The van der Waals surface area contributed by atoms with Crippen molar-refractivity contribution in [1.29, 1.82) is 0 Å². The highest BCUT2D eigenvalue weighted by Crippen LogP contribution is 2.32. The fourth-order valence-corrected chi connectivity index (χ4v) is 3.60. The average molecular weight is 349 g/mol. The number of carbonyl (C=O) groups is 1. The number of carboxylic acids is 1. The van der Waals surface area contributed by atoms with Crippen molar-refractivity contribution in [3.8, 4) is 0 Å². The van der Waals surface area contributed by atoms with Crippen molar-refractivity contribution in [1.82, 2.24) is 9.88 Å². The van der Waals surface area contributed by atoms with Crippen LogP contribution >= 0.6 is 15.9 Å². The van der Waals surface area contributed by atoms with Gasteiger partial charge >= 0.3 is 5.97 Å². The van der Waals surface area contributed by atoms with E-state index in [1.807, 2.05) is 18.2 Å². The number of aromatic carboxylic acids is 1. The Kier molecular flexibility index (Phi) is 3.95. The first kappa shape index (κ1) is 14.5. The molecule has 1 aliphatic rings. The lowest BCUT2D eigenvalue weighted by Crippen LogP contribution is -2.33. The van der Waals surface area contributed by atoms with E-state index < -0.39 is 5.97 Å². The Bertz CT molecular complexity index is 715. The number of pyridine rings is 1. The summed E-state index contributed by atoms with van der Waals surface area (Å²) in [5, 5.41) is 10.4. The Morgan fingerprint density at radius 3 is 3.00 bits per heavy atom. The second kappa shape index (κ2) is 5.73. The standard InChI is InChI=1S/C16H17BrN2O2/c1-2-7-19-8-6-12-10(9-19)14(16(20)21)15-11(17)4-3-5-13(15)18-12/h3-5H,2,6-9H2,1H3,(H,20,21). The number of carboxylic acid groups (broad SMARTS) is 1. The number of aromatic nitrogens is 1. The first-order chi connectivity index (χ1) is 10.1. The van der Waals surface area contributed by atoms with Gasteiger partial charge in [0.1, 0.15) is 0 Å². The third kappa shape index (κ3) is 2.56. The van der Waals surface area contributed by atoms with Crippen molar-refractivity contribution in [2.75, 3.05) is 13.1 Å². The minimum atomic E-state index is -0.871. The van der Waals surface area contributed by atoms with Crippen LogP contribution in [0.2, 0.25) is 0 Å². The van der Waals surface area contributed by atoms with Gasteiger partial charge in [0, 0.05) is 40.6 Å². The first-order valence-electron chi connectivity index (χ1n) is 7.17. The van der Waals surface area contributed by atoms with Crippen molar-refractivity contribution in [2.45, 2.75) is 26.3 Å². The van der Waals surface area contributed by atoms with Crippen LogP contribution < -0.4 is 0 Å². The van der Waals surface area contributed by atoms with Crippen molar-refractivity contribution in [3.05, 3.63) is 39.5 Å². The molecule has 0 fully saturated rings. The van der Waals surface area contributed by atoms with Gasteiger partial charge in [-0.05, 0) is 25.1 Å². The molecular formula is C16H17BrN2O2. The molecule has 0 spiro atoms. The molecule has 0 bridgehead atoms. The zero-order valence-electron chi connectivity index (χ0n) is 11.9. The van der Waals surface area contributed by atoms with Crippen LogP contribution in [-0.2, 0) is 13.0 Å². The van der Waals surface area contributed by atoms with E-state index in [0.29, 0.717) is 17.5 Å². The molecule has 1 aliphatic heterocycles. The number of halogens is 1. The van der Waals surface area contributed by atoms with Gasteiger partial charge in [-0.2, -0.15) is 0 Å². The van der Waals surface area contributed by atoms with Gasteiger partial charge < -0.3 is 5.11 Å². The van der Waals surface area contributed by atoms with Crippen LogP contribution in [0.5, 0.6) is 0 Å². The summed E-state index contributed by atoms with van der Waals surface area (Å²) in [6.45, 7) is 4.76. The maximum absolute atomic E-state index is 11.8. The lowest BCUT2D eigenvalue weighted by Gasteiger charge is -2.29. The molecule has 21 heavy (non-hydrogen) atoms. The summed E-state index contributed by atoms with van der Waals surface area (Å²) in [6.07, 6.45) is 1.89. The molecule has 0 amide bonds. The van der Waals surface area contributed by atoms with Gasteiger partial charge in [0.25, 0.3) is 0 Å². The molecule has 2 heterocycles. The normalized spacial score (nSPS) is 15.1. The van der Waals surface area contributed by atoms with Gasteiger partial charge in [0.05, 0.1) is 11.1 Å². The molecule has 1 aromatic carbocycles. The summed E-state index contributed by atoms with van der Waals surface area (Å²) in [4.78, 5) is 18.8. The number of hydrogen-bond acceptors (Lipinski definition) is 3. The molecule has 1 aromatic heterocycles. The minimum absolute atomic E-state index is 0.406. The largest absolute Gasteiger partial charge is 0.478 e. The fourth-order valence-electron chi connectivity index (χ4n) is 3.05. The summed E-state index contributed by atoms with van der Waals surface area (Å²) in [7, 11) is 0. The highest BCUT2D eigenvalue weighted by atomic mass is 79.9. The first-order valence-corrected chi connectivity index (χ1v) is 7.96. The molecule has 110 valence electrons. The number of benzene rings is 1. The van der Waals surface area contributed by atoms with Crippen LogP contribution in [0.1, 0.15) is 35.0 Å². The minimum Gasteiger partial charge on any atom is -0.478 e. The third-order valence-electron chi connectivity index (χ3n) is 3.95. The molecule has 5 heteroatoms. The van der Waals surface area contributed by atoms with Crippen LogP contribution in [0.25, 0.3) is 10.9 Å². The van der Waals surface area contributed by atoms with E-state index >= 15 is 0 Å². The molecule has 0 atom stereocenters. The second-order valence-electron chi connectivity index (χ2n) is 5.38. The Morgan fingerprint density at radius 1 is 1.48 bits per heavy atom. The van der Waals surface area contributed by atoms with E-state index in [0.717, 1.165) is 47.2 Å². The van der Waals surface area contributed by atoms with Crippen LogP contribution in [0, 0.1) is 0 Å². The topological polar surface area (TPSA) is 53.4 Å². The monoisotopic (exact) mass is 348 g/mol. The molecule has 0 radical (unpaired) electrons. The van der Waals surface area contributed by atoms with Gasteiger partial charge in [-0.3, -0.25) is 9.88 Å². The predicted molar refractivity (Wildman–Crippen MR) is 85.7 cm³/mol. The van der Waals surface area contributed by atoms with Crippen molar-refractivity contribution in [3.63, 3.8) is 0 Å². The van der Waals surface area contributed by atoms with Crippen LogP contribution in [0.15, 0.2) is 22.7 Å². The van der Waals surface area contributed by atoms with Gasteiger partial charge in [-0.15, -0.1) is 0 Å². The number of nitrogens with zero attached hydrogens (tertiary/aromatic N) is 2. The van der Waals surface area contributed by atoms with E-state index in [1.54, 1.807) is 0 Å². The summed E-state index contributed by atoms with van der Waals surface area (Å²) in [5.74, 6) is -0.871. The van der Waals surface area contributed by atoms with Crippen LogP contribution in [-0.4, -0.2) is 34.0 Å². The molecule has 0 saturated heterocycles. The molecule has 4 nitrogen and oxygen atoms in total. The quantitative estimate of drug-likeness (QED) is 0.922. The SMILES string of the molecule is CCCN1CCc2nc3cccc(Br)c3c(C(=O)O)c2C1. The second-order valence-corrected chi connectivity index (χ2v) is 6.23. The molecule has 1 N–H and O–H groups in total. The summed E-state index contributed by atoms with van der Waals surface area (Å²) < 4.78 is 0.792. The van der Waals surface area contributed by atoms with Crippen molar-refractivity contribution in [2.24, 2.45) is 0 Å². The zero-order chi connectivity index (χ0) is 15.0. The Labute approximate surface area is 131 Å². The molecule has 0 unspecified atom stereocenters. The van der Waals surface area contributed by atoms with E-state index in [2.05, 4.69) is 27.8 Å². The lowest BCUT2D eigenvalue weighted by atomic mass is 9.95. The number of fused-ring (bicyclic) bond motifs is 2. The van der Waals surface area contributed by atoms with Crippen molar-refractivity contribution >= 4 is 32.8 Å². The van der Waals surface area contributed by atoms with Crippen LogP contribution in [0.3, 0.4) is 0 Å². The van der Waals surface area contributed by atoms with Gasteiger partial charge in [-0.25, -0.2) is 4.79 Å². The van der Waals surface area contributed by atoms with E-state index in [4.69, 9.17) is 4.98 Å². The van der Waals surface area contributed by atoms with E-state index in [-0.39, 0.29) is 0 Å². The predicted octanol–water partition coefficient (Wildman–Crippen LogP) is 3.46. The molecule has 2 aromatic rings. The molecule has 0 aliphatic carbocycles. The van der Waals surface area contributed by atoms with E-state index in [1.165, 1.54) is 0 Å². The fraction of sp³-hybridized carbons (Fsp3) is 0.375. The van der Waals surface area contributed by atoms with Gasteiger partial charge in [0.2, 0.25) is 0 Å². The maximum Gasteiger partial charge on any atom is 0.336 e. The average Bonchev–Trinajstić information content (AvgIpc) is 2.45. The van der Waals surface area contributed by atoms with Crippen LogP contribution in [0.4, 0.5) is 0 Å². The van der Waals surface area contributed by atoms with Gasteiger partial charge in [0.15, 0.2) is 0 Å². The Hall–Kier alpha value is -1.46. The third-order valence-corrected chi connectivity index (χ3v) is 4.61.